The van der Waals surface area contributed by atoms with Gasteiger partial charge in [-0.2, -0.15) is 0 Å². The van der Waals surface area contributed by atoms with Crippen LogP contribution < -0.4 is 11.1 Å². The monoisotopic (exact) mass is 264 g/mol. The molecule has 19 heavy (non-hydrogen) atoms. The highest BCUT2D eigenvalue weighted by atomic mass is 16.4. The lowest BCUT2D eigenvalue weighted by atomic mass is 10.0. The number of carbonyl (C=O) groups excluding carboxylic acids is 1. The third kappa shape index (κ3) is 3.98. The molecule has 0 aromatic heterocycles. The fourth-order valence-corrected chi connectivity index (χ4v) is 1.89. The summed E-state index contributed by atoms with van der Waals surface area (Å²) < 4.78 is 0. The Labute approximate surface area is 112 Å². The molecule has 1 amide bonds. The van der Waals surface area contributed by atoms with Crippen LogP contribution in [0.3, 0.4) is 0 Å². The first kappa shape index (κ1) is 15.0. The SMILES string of the molecule is CCCCCNc1cc(C(=O)O)c(C)cc1C(N)=O. The molecule has 0 bridgehead atoms. The summed E-state index contributed by atoms with van der Waals surface area (Å²) in [6.07, 6.45) is 3.14. The molecule has 0 heterocycles. The zero-order chi connectivity index (χ0) is 14.4. The Morgan fingerprint density at radius 3 is 2.47 bits per heavy atom. The van der Waals surface area contributed by atoms with Crippen LogP contribution in [-0.4, -0.2) is 23.5 Å². The molecule has 0 radical (unpaired) electrons. The van der Waals surface area contributed by atoms with Crippen LogP contribution in [0.15, 0.2) is 12.1 Å². The maximum atomic E-state index is 11.4. The van der Waals surface area contributed by atoms with Crippen molar-refractivity contribution >= 4 is 17.6 Å². The molecule has 0 fully saturated rings. The van der Waals surface area contributed by atoms with Gasteiger partial charge in [-0.05, 0) is 31.0 Å². The van der Waals surface area contributed by atoms with Crippen molar-refractivity contribution in [2.75, 3.05) is 11.9 Å². The molecule has 1 aromatic rings. The van der Waals surface area contributed by atoms with Crippen molar-refractivity contribution in [3.8, 4) is 0 Å². The van der Waals surface area contributed by atoms with Gasteiger partial charge in [0.05, 0.1) is 11.1 Å². The van der Waals surface area contributed by atoms with Gasteiger partial charge in [-0.15, -0.1) is 0 Å². The predicted octanol–water partition coefficient (Wildman–Crippen LogP) is 2.39. The maximum absolute atomic E-state index is 11.4. The Morgan fingerprint density at radius 2 is 1.95 bits per heavy atom. The average Bonchev–Trinajstić information content (AvgIpc) is 2.35. The van der Waals surface area contributed by atoms with Crippen molar-refractivity contribution in [2.45, 2.75) is 33.1 Å². The summed E-state index contributed by atoms with van der Waals surface area (Å²) in [6.45, 7) is 4.44. The minimum Gasteiger partial charge on any atom is -0.478 e. The summed E-state index contributed by atoms with van der Waals surface area (Å²) in [5.74, 6) is -1.57. The van der Waals surface area contributed by atoms with Crippen LogP contribution in [0.1, 0.15) is 52.5 Å². The number of amides is 1. The minimum absolute atomic E-state index is 0.183. The first-order chi connectivity index (χ1) is 8.97. The number of hydrogen-bond donors (Lipinski definition) is 3. The van der Waals surface area contributed by atoms with Crippen LogP contribution >= 0.6 is 0 Å². The highest BCUT2D eigenvalue weighted by molar-refractivity contribution is 6.01. The molecule has 0 unspecified atom stereocenters. The number of aryl methyl sites for hydroxylation is 1. The molecule has 0 saturated carbocycles. The molecule has 5 nitrogen and oxygen atoms in total. The molecule has 0 spiro atoms. The van der Waals surface area contributed by atoms with Crippen molar-refractivity contribution in [1.29, 1.82) is 0 Å². The van der Waals surface area contributed by atoms with Gasteiger partial charge >= 0.3 is 5.97 Å². The van der Waals surface area contributed by atoms with E-state index in [1.165, 1.54) is 12.1 Å². The first-order valence-corrected chi connectivity index (χ1v) is 6.39. The van der Waals surface area contributed by atoms with Gasteiger partial charge in [0.25, 0.3) is 5.91 Å². The Morgan fingerprint density at radius 1 is 1.26 bits per heavy atom. The van der Waals surface area contributed by atoms with Gasteiger partial charge in [-0.3, -0.25) is 4.79 Å². The number of hydrogen-bond acceptors (Lipinski definition) is 3. The van der Waals surface area contributed by atoms with Gasteiger partial charge in [0.2, 0.25) is 0 Å². The van der Waals surface area contributed by atoms with Gasteiger partial charge in [-0.25, -0.2) is 4.79 Å². The number of aromatic carboxylic acids is 1. The lowest BCUT2D eigenvalue weighted by molar-refractivity contribution is 0.0695. The molecule has 5 heteroatoms. The normalized spacial score (nSPS) is 10.2. The number of unbranched alkanes of at least 4 members (excludes halogenated alkanes) is 2. The summed E-state index contributed by atoms with van der Waals surface area (Å²) in [7, 11) is 0. The highest BCUT2D eigenvalue weighted by Gasteiger charge is 2.15. The fourth-order valence-electron chi connectivity index (χ4n) is 1.89. The van der Waals surface area contributed by atoms with Gasteiger partial charge in [0.1, 0.15) is 0 Å². The lowest BCUT2D eigenvalue weighted by Gasteiger charge is -2.12. The van der Waals surface area contributed by atoms with E-state index < -0.39 is 11.9 Å². The Hall–Kier alpha value is -2.04. The standard InChI is InChI=1S/C14H20N2O3/c1-3-4-5-6-16-12-8-10(14(18)19)9(2)7-11(12)13(15)17/h7-8,16H,3-6H2,1-2H3,(H2,15,17)(H,18,19). The third-order valence-corrected chi connectivity index (χ3v) is 2.96. The Balaban J connectivity index is 3.01. The van der Waals surface area contributed by atoms with Gasteiger partial charge in [0.15, 0.2) is 0 Å². The average molecular weight is 264 g/mol. The number of carbonyl (C=O) groups is 2. The van der Waals surface area contributed by atoms with E-state index in [9.17, 15) is 9.59 Å². The Bertz CT molecular complexity index is 484. The van der Waals surface area contributed by atoms with Crippen molar-refractivity contribution in [1.82, 2.24) is 0 Å². The summed E-state index contributed by atoms with van der Waals surface area (Å²) in [5, 5.41) is 12.2. The predicted molar refractivity (Wildman–Crippen MR) is 74.7 cm³/mol. The summed E-state index contributed by atoms with van der Waals surface area (Å²) in [6, 6.07) is 3.00. The van der Waals surface area contributed by atoms with E-state index in [-0.39, 0.29) is 5.56 Å². The highest BCUT2D eigenvalue weighted by Crippen LogP contribution is 2.21. The van der Waals surface area contributed by atoms with Gasteiger partial charge in [0, 0.05) is 12.2 Å². The zero-order valence-electron chi connectivity index (χ0n) is 11.3. The third-order valence-electron chi connectivity index (χ3n) is 2.96. The van der Waals surface area contributed by atoms with Crippen LogP contribution in [0.25, 0.3) is 0 Å². The number of benzene rings is 1. The fraction of sp³-hybridized carbons (Fsp3) is 0.429. The minimum atomic E-state index is -1.01. The second-order valence-corrected chi connectivity index (χ2v) is 4.52. The molecule has 1 rings (SSSR count). The van der Waals surface area contributed by atoms with Crippen molar-refractivity contribution in [3.63, 3.8) is 0 Å². The van der Waals surface area contributed by atoms with Crippen LogP contribution in [0, 0.1) is 6.92 Å². The molecule has 104 valence electrons. The smallest absolute Gasteiger partial charge is 0.336 e. The van der Waals surface area contributed by atoms with E-state index in [1.807, 2.05) is 0 Å². The second kappa shape index (κ2) is 6.78. The number of carboxylic acids is 1. The lowest BCUT2D eigenvalue weighted by Crippen LogP contribution is -2.16. The van der Waals surface area contributed by atoms with Crippen molar-refractivity contribution in [2.24, 2.45) is 5.73 Å². The molecule has 0 atom stereocenters. The molecule has 0 aliphatic heterocycles. The molecule has 0 saturated heterocycles. The van der Waals surface area contributed by atoms with E-state index in [0.717, 1.165) is 19.3 Å². The van der Waals surface area contributed by atoms with E-state index in [4.69, 9.17) is 10.8 Å². The number of nitrogens with one attached hydrogen (secondary N) is 1. The van der Waals surface area contributed by atoms with Crippen LogP contribution in [0.4, 0.5) is 5.69 Å². The van der Waals surface area contributed by atoms with Gasteiger partial charge in [-0.1, -0.05) is 19.8 Å². The largest absolute Gasteiger partial charge is 0.478 e. The molecule has 1 aromatic carbocycles. The van der Waals surface area contributed by atoms with Crippen LogP contribution in [0.2, 0.25) is 0 Å². The van der Waals surface area contributed by atoms with Crippen LogP contribution in [0.5, 0.6) is 0 Å². The first-order valence-electron chi connectivity index (χ1n) is 6.39. The summed E-state index contributed by atoms with van der Waals surface area (Å²) in [4.78, 5) is 22.5. The molecule has 0 aliphatic rings. The summed E-state index contributed by atoms with van der Waals surface area (Å²) >= 11 is 0. The number of nitrogens with two attached hydrogens (primary N) is 1. The van der Waals surface area contributed by atoms with E-state index in [1.54, 1.807) is 6.92 Å². The number of primary amides is 1. The molecule has 0 aliphatic carbocycles. The van der Waals surface area contributed by atoms with E-state index in [2.05, 4.69) is 12.2 Å². The quantitative estimate of drug-likeness (QED) is 0.659. The number of rotatable bonds is 7. The van der Waals surface area contributed by atoms with Gasteiger partial charge < -0.3 is 16.2 Å². The van der Waals surface area contributed by atoms with E-state index >= 15 is 0 Å². The zero-order valence-corrected chi connectivity index (χ0v) is 11.3. The van der Waals surface area contributed by atoms with Crippen molar-refractivity contribution < 1.29 is 14.7 Å². The number of anilines is 1. The molecular formula is C14H20N2O3. The Kier molecular flexibility index (Phi) is 5.36. The molecule has 4 N–H and O–H groups in total. The second-order valence-electron chi connectivity index (χ2n) is 4.52. The molecular weight excluding hydrogens is 244 g/mol. The number of carboxylic acid groups (broad SMARTS) is 1. The van der Waals surface area contributed by atoms with Crippen molar-refractivity contribution in [3.05, 3.63) is 28.8 Å². The van der Waals surface area contributed by atoms with E-state index in [0.29, 0.717) is 23.4 Å². The van der Waals surface area contributed by atoms with Crippen LogP contribution in [-0.2, 0) is 0 Å². The summed E-state index contributed by atoms with van der Waals surface area (Å²) in [5.41, 5.74) is 6.85. The maximum Gasteiger partial charge on any atom is 0.336 e. The topological polar surface area (TPSA) is 92.4 Å².